The van der Waals surface area contributed by atoms with Crippen LogP contribution < -0.4 is 0 Å². The van der Waals surface area contributed by atoms with E-state index in [-0.39, 0.29) is 47.9 Å². The van der Waals surface area contributed by atoms with Gasteiger partial charge in [-0.25, -0.2) is 4.98 Å². The van der Waals surface area contributed by atoms with Gasteiger partial charge in [0.05, 0.1) is 14.9 Å². The zero-order valence-electron chi connectivity index (χ0n) is 32.8. The largest absolute Gasteiger partial charge is 0.512 e. The van der Waals surface area contributed by atoms with E-state index in [1.807, 2.05) is 64.2 Å². The average molecular weight is 912 g/mol. The van der Waals surface area contributed by atoms with Crippen molar-refractivity contribution < 1.29 is 30.0 Å². The van der Waals surface area contributed by atoms with Crippen molar-refractivity contribution in [3.8, 4) is 11.3 Å². The second kappa shape index (κ2) is 16.6. The van der Waals surface area contributed by atoms with Crippen LogP contribution in [0, 0.1) is 22.8 Å². The number of benzene rings is 3. The molecule has 3 aromatic heterocycles. The second-order valence-corrected chi connectivity index (χ2v) is 18.2. The maximum Gasteiger partial charge on any atom is 0.164 e. The monoisotopic (exact) mass is 912 g/mol. The Hall–Kier alpha value is -2.96. The minimum Gasteiger partial charge on any atom is -0.512 e. The molecular formula is C45H55IrN2O2S2-. The van der Waals surface area contributed by atoms with Crippen molar-refractivity contribution in [2.75, 3.05) is 0 Å². The fourth-order valence-electron chi connectivity index (χ4n) is 6.54. The molecule has 52 heavy (non-hydrogen) atoms. The van der Waals surface area contributed by atoms with Gasteiger partial charge in [0.25, 0.3) is 0 Å². The Morgan fingerprint density at radius 1 is 0.827 bits per heavy atom. The molecule has 0 aliphatic rings. The Bertz CT molecular complexity index is 2210. The smallest absolute Gasteiger partial charge is 0.164 e. The van der Waals surface area contributed by atoms with E-state index >= 15 is 0 Å². The Balaban J connectivity index is 0.000000289. The molecule has 0 aliphatic carbocycles. The number of nitrogens with zero attached hydrogens (tertiary/aromatic N) is 2. The van der Waals surface area contributed by atoms with Crippen LogP contribution >= 0.6 is 22.7 Å². The van der Waals surface area contributed by atoms with E-state index < -0.39 is 0 Å². The minimum absolute atomic E-state index is 0. The van der Waals surface area contributed by atoms with Crippen molar-refractivity contribution >= 4 is 69.6 Å². The van der Waals surface area contributed by atoms with Crippen LogP contribution in [-0.4, -0.2) is 20.9 Å². The molecule has 0 spiro atoms. The first-order chi connectivity index (χ1) is 24.1. The number of aliphatic hydroxyl groups is 1. The molecule has 0 atom stereocenters. The van der Waals surface area contributed by atoms with Crippen LogP contribution in [-0.2, 0) is 36.7 Å². The van der Waals surface area contributed by atoms with Crippen molar-refractivity contribution in [3.05, 3.63) is 83.2 Å². The van der Waals surface area contributed by atoms with Gasteiger partial charge in [-0.15, -0.1) is 51.8 Å². The molecule has 0 aliphatic heterocycles. The Kier molecular flexibility index (Phi) is 13.3. The standard InChI is InChI=1S/C30H27N2S2.C15H28O2.Ir/c1-17(2)12-21-14-19-10-11-23-26-29(34-28(23)27(19)33-21)25(31-16-32-26)20-13-18-8-6-7-9-22(18)24(15-20)30(3,4)5;1-7-14(5,8-2)12(16)11-13(17)15(6,9-3)10-4;/h6-11,14-17H,12H2,1-5H3;11,16H,7-10H2,1-6H3;/q-1;;/b;12-11-;. The first-order valence-electron chi connectivity index (χ1n) is 18.6. The van der Waals surface area contributed by atoms with Crippen LogP contribution in [0.25, 0.3) is 52.4 Å². The summed E-state index contributed by atoms with van der Waals surface area (Å²) >= 11 is 3.76. The number of rotatable bonds is 10. The maximum absolute atomic E-state index is 12.2. The zero-order chi connectivity index (χ0) is 37.3. The summed E-state index contributed by atoms with van der Waals surface area (Å²) < 4.78 is 3.85. The summed E-state index contributed by atoms with van der Waals surface area (Å²) in [5, 5.41) is 15.1. The van der Waals surface area contributed by atoms with Gasteiger partial charge in [0.1, 0.15) is 12.1 Å². The number of hydrogen-bond donors (Lipinski definition) is 1. The third-order valence-electron chi connectivity index (χ3n) is 11.0. The van der Waals surface area contributed by atoms with Gasteiger partial charge in [-0.1, -0.05) is 117 Å². The SMILES string of the molecule is CC(C)Cc1cc2ccc3c4ncnc(-c5[c-]c6ccccc6c(C(C)(C)C)c5)c4sc3c2s1.CCC(C)(CC)C(=O)/C=C(\O)C(C)(CC)CC.[Ir]. The molecule has 3 heterocycles. The van der Waals surface area contributed by atoms with Crippen LogP contribution in [0.2, 0.25) is 0 Å². The Morgan fingerprint density at radius 3 is 2.10 bits per heavy atom. The summed E-state index contributed by atoms with van der Waals surface area (Å²) in [4.78, 5) is 23.2. The summed E-state index contributed by atoms with van der Waals surface area (Å²) in [6.07, 6.45) is 7.59. The molecular weight excluding hydrogens is 857 g/mol. The Labute approximate surface area is 332 Å². The molecule has 0 unspecified atom stereocenters. The summed E-state index contributed by atoms with van der Waals surface area (Å²) in [7, 11) is 0. The zero-order valence-corrected chi connectivity index (χ0v) is 36.8. The molecule has 1 N–H and O–H groups in total. The number of fused-ring (bicyclic) bond motifs is 6. The van der Waals surface area contributed by atoms with Gasteiger partial charge in [0.2, 0.25) is 0 Å². The van der Waals surface area contributed by atoms with E-state index in [0.717, 1.165) is 59.0 Å². The molecule has 3 aromatic carbocycles. The number of aliphatic hydroxyl groups excluding tert-OH is 1. The number of aromatic nitrogens is 2. The molecule has 6 rings (SSSR count). The number of thiophene rings is 2. The number of carbonyl (C=O) groups excluding carboxylic acids is 1. The van der Waals surface area contributed by atoms with E-state index in [1.165, 1.54) is 42.1 Å². The molecule has 279 valence electrons. The Morgan fingerprint density at radius 2 is 1.48 bits per heavy atom. The van der Waals surface area contributed by atoms with Gasteiger partial charge in [-0.05, 0) is 54.9 Å². The second-order valence-electron chi connectivity index (χ2n) is 16.0. The summed E-state index contributed by atoms with van der Waals surface area (Å²) in [6.45, 7) is 23.5. The predicted molar refractivity (Wildman–Crippen MR) is 222 cm³/mol. The van der Waals surface area contributed by atoms with Crippen molar-refractivity contribution in [1.29, 1.82) is 0 Å². The number of ketones is 1. The molecule has 6 aromatic rings. The van der Waals surface area contributed by atoms with Crippen molar-refractivity contribution in [2.24, 2.45) is 16.7 Å². The molecule has 0 saturated heterocycles. The van der Waals surface area contributed by atoms with Crippen molar-refractivity contribution in [3.63, 3.8) is 0 Å². The number of allylic oxidation sites excluding steroid dienone is 2. The molecule has 7 heteroatoms. The van der Waals surface area contributed by atoms with E-state index in [4.69, 9.17) is 9.97 Å². The number of hydrogen-bond acceptors (Lipinski definition) is 6. The van der Waals surface area contributed by atoms with Gasteiger partial charge in [0.15, 0.2) is 5.78 Å². The normalized spacial score (nSPS) is 12.8. The average Bonchev–Trinajstić information content (AvgIpc) is 3.70. The van der Waals surface area contributed by atoms with Crippen LogP contribution in [0.4, 0.5) is 0 Å². The summed E-state index contributed by atoms with van der Waals surface area (Å²) in [6, 6.07) is 21.4. The van der Waals surface area contributed by atoms with Crippen LogP contribution in [0.1, 0.15) is 112 Å². The number of carbonyl (C=O) groups is 1. The van der Waals surface area contributed by atoms with Crippen LogP contribution in [0.15, 0.2) is 66.7 Å². The molecule has 0 amide bonds. The van der Waals surface area contributed by atoms with Gasteiger partial charge in [-0.3, -0.25) is 9.78 Å². The van der Waals surface area contributed by atoms with Crippen LogP contribution in [0.5, 0.6) is 0 Å². The van der Waals surface area contributed by atoms with E-state index in [1.54, 1.807) is 6.33 Å². The van der Waals surface area contributed by atoms with Crippen LogP contribution in [0.3, 0.4) is 0 Å². The van der Waals surface area contributed by atoms with Gasteiger partial charge < -0.3 is 5.11 Å². The third-order valence-corrected chi connectivity index (χ3v) is 13.5. The fraction of sp³-hybridized carbons (Fsp3) is 0.444. The minimum atomic E-state index is -0.337. The summed E-state index contributed by atoms with van der Waals surface area (Å²) in [5.74, 6) is 0.942. The summed E-state index contributed by atoms with van der Waals surface area (Å²) in [5.41, 5.74) is 3.81. The predicted octanol–water partition coefficient (Wildman–Crippen LogP) is 13.8. The first-order valence-corrected chi connectivity index (χ1v) is 20.2. The fourth-order valence-corrected chi connectivity index (χ4v) is 9.31. The molecule has 0 fully saturated rings. The van der Waals surface area contributed by atoms with E-state index in [2.05, 4.69) is 89.2 Å². The first kappa shape index (κ1) is 41.8. The van der Waals surface area contributed by atoms with Gasteiger partial charge >= 0.3 is 0 Å². The third kappa shape index (κ3) is 8.39. The maximum atomic E-state index is 12.2. The van der Waals surface area contributed by atoms with Crippen molar-refractivity contribution in [2.45, 2.75) is 114 Å². The van der Waals surface area contributed by atoms with Gasteiger partial charge in [0, 0.05) is 57.7 Å². The quantitative estimate of drug-likeness (QED) is 0.0845. The molecule has 0 saturated carbocycles. The molecule has 4 nitrogen and oxygen atoms in total. The van der Waals surface area contributed by atoms with E-state index in [0.29, 0.717) is 5.92 Å². The van der Waals surface area contributed by atoms with Gasteiger partial charge in [-0.2, -0.15) is 0 Å². The molecule has 0 bridgehead atoms. The topological polar surface area (TPSA) is 63.1 Å². The van der Waals surface area contributed by atoms with Crippen molar-refractivity contribution in [1.82, 2.24) is 9.97 Å². The van der Waals surface area contributed by atoms with E-state index in [9.17, 15) is 9.90 Å². The molecule has 1 radical (unpaired) electrons.